The van der Waals surface area contributed by atoms with Gasteiger partial charge in [0.1, 0.15) is 0 Å². The fourth-order valence-corrected chi connectivity index (χ4v) is 4.40. The fourth-order valence-electron chi connectivity index (χ4n) is 4.40. The van der Waals surface area contributed by atoms with Gasteiger partial charge in [-0.25, -0.2) is 0 Å². The van der Waals surface area contributed by atoms with Crippen LogP contribution in [-0.2, 0) is 0 Å². The zero-order valence-electron chi connectivity index (χ0n) is 22.0. The van der Waals surface area contributed by atoms with E-state index < -0.39 is 0 Å². The number of rotatable bonds is 6. The molecule has 6 aromatic carbocycles. The van der Waals surface area contributed by atoms with Crippen LogP contribution in [0.5, 0.6) is 0 Å². The van der Waals surface area contributed by atoms with Crippen molar-refractivity contribution in [1.29, 1.82) is 0 Å². The predicted molar refractivity (Wildman–Crippen MR) is 164 cm³/mol. The van der Waals surface area contributed by atoms with E-state index in [1.165, 1.54) is 0 Å². The monoisotopic (exact) mass is 516 g/mol. The van der Waals surface area contributed by atoms with Gasteiger partial charge in [-0.15, -0.1) is 0 Å². The third kappa shape index (κ3) is 6.56. The molecule has 2 nitrogen and oxygen atoms in total. The molecule has 0 spiro atoms. The Morgan fingerprint density at radius 2 is 0.475 bits per heavy atom. The highest BCUT2D eigenvalue weighted by atomic mass is 16.1. The molecule has 0 aliphatic rings. The molecule has 40 heavy (non-hydrogen) atoms. The molecule has 0 unspecified atom stereocenters. The van der Waals surface area contributed by atoms with Crippen LogP contribution in [0.1, 0.15) is 31.8 Å². The Labute approximate surface area is 235 Å². The Hall–Kier alpha value is -5.34. The molecule has 0 aliphatic heterocycles. The Morgan fingerprint density at radius 3 is 0.775 bits per heavy atom. The van der Waals surface area contributed by atoms with E-state index in [4.69, 9.17) is 0 Å². The van der Waals surface area contributed by atoms with Crippen LogP contribution in [0.3, 0.4) is 0 Å². The van der Waals surface area contributed by atoms with E-state index in [9.17, 15) is 9.59 Å². The minimum absolute atomic E-state index is 0.0604. The second-order valence-corrected chi connectivity index (χ2v) is 9.28. The Morgan fingerprint density at radius 1 is 0.250 bits per heavy atom. The van der Waals surface area contributed by atoms with Gasteiger partial charge >= 0.3 is 0 Å². The van der Waals surface area contributed by atoms with E-state index in [0.717, 1.165) is 44.5 Å². The van der Waals surface area contributed by atoms with Crippen molar-refractivity contribution in [3.63, 3.8) is 0 Å². The van der Waals surface area contributed by atoms with Gasteiger partial charge in [0.25, 0.3) is 0 Å². The third-order valence-electron chi connectivity index (χ3n) is 6.58. The molecule has 0 saturated heterocycles. The summed E-state index contributed by atoms with van der Waals surface area (Å²) in [7, 11) is 0. The maximum absolute atomic E-state index is 12.3. The van der Waals surface area contributed by atoms with Crippen LogP contribution in [0.2, 0.25) is 0 Å². The van der Waals surface area contributed by atoms with E-state index in [0.29, 0.717) is 0 Å². The van der Waals surface area contributed by atoms with Gasteiger partial charge in [0.15, 0.2) is 11.6 Å². The van der Waals surface area contributed by atoms with Gasteiger partial charge in [-0.3, -0.25) is 9.59 Å². The van der Waals surface area contributed by atoms with Gasteiger partial charge in [0, 0.05) is 22.3 Å². The molecule has 6 rings (SSSR count). The van der Waals surface area contributed by atoms with Crippen molar-refractivity contribution >= 4 is 11.6 Å². The molecule has 0 aromatic heterocycles. The first-order valence-corrected chi connectivity index (χ1v) is 13.2. The van der Waals surface area contributed by atoms with E-state index in [2.05, 4.69) is 24.3 Å². The Balaban J connectivity index is 0.000000161. The molecule has 0 aliphatic carbocycles. The second kappa shape index (κ2) is 12.9. The number of benzene rings is 6. The molecule has 0 radical (unpaired) electrons. The second-order valence-electron chi connectivity index (χ2n) is 9.28. The molecular formula is C38H28O2. The summed E-state index contributed by atoms with van der Waals surface area (Å²) in [6.45, 7) is 0. The molecule has 6 aromatic rings. The Kier molecular flexibility index (Phi) is 8.50. The SMILES string of the molecule is O=C(c1ccccc1)c1ccc(-c2ccccc2)cc1.O=C(c1ccccc1)c1ccc(-c2ccccc2)cc1. The van der Waals surface area contributed by atoms with Crippen molar-refractivity contribution in [3.05, 3.63) is 192 Å². The largest absolute Gasteiger partial charge is 0.289 e. The summed E-state index contributed by atoms with van der Waals surface area (Å²) in [6.07, 6.45) is 0. The molecule has 2 heteroatoms. The summed E-state index contributed by atoms with van der Waals surface area (Å²) >= 11 is 0. The van der Waals surface area contributed by atoms with Crippen molar-refractivity contribution in [2.45, 2.75) is 0 Å². The van der Waals surface area contributed by atoms with Gasteiger partial charge in [-0.2, -0.15) is 0 Å². The van der Waals surface area contributed by atoms with Gasteiger partial charge in [0.2, 0.25) is 0 Å². The van der Waals surface area contributed by atoms with Crippen LogP contribution in [0.4, 0.5) is 0 Å². The smallest absolute Gasteiger partial charge is 0.193 e. The number of ketones is 2. The number of hydrogen-bond donors (Lipinski definition) is 0. The van der Waals surface area contributed by atoms with Gasteiger partial charge in [0.05, 0.1) is 0 Å². The maximum atomic E-state index is 12.3. The average Bonchev–Trinajstić information content (AvgIpc) is 3.06. The lowest BCUT2D eigenvalue weighted by molar-refractivity contribution is 0.103. The molecular weight excluding hydrogens is 488 g/mol. The average molecular weight is 517 g/mol. The lowest BCUT2D eigenvalue weighted by Crippen LogP contribution is -2.00. The summed E-state index contributed by atoms with van der Waals surface area (Å²) in [5.41, 5.74) is 7.44. The van der Waals surface area contributed by atoms with Crippen LogP contribution >= 0.6 is 0 Å². The minimum Gasteiger partial charge on any atom is -0.289 e. The maximum Gasteiger partial charge on any atom is 0.193 e. The highest BCUT2D eigenvalue weighted by Crippen LogP contribution is 2.21. The summed E-state index contributed by atoms with van der Waals surface area (Å²) in [4.78, 5) is 24.6. The van der Waals surface area contributed by atoms with Gasteiger partial charge in [-0.1, -0.05) is 170 Å². The van der Waals surface area contributed by atoms with Crippen molar-refractivity contribution in [3.8, 4) is 22.3 Å². The topological polar surface area (TPSA) is 34.1 Å². The van der Waals surface area contributed by atoms with E-state index in [-0.39, 0.29) is 11.6 Å². The summed E-state index contributed by atoms with van der Waals surface area (Å²) in [6, 6.07) is 54.5. The summed E-state index contributed by atoms with van der Waals surface area (Å²) < 4.78 is 0. The van der Waals surface area contributed by atoms with Gasteiger partial charge in [-0.05, 0) is 22.3 Å². The molecule has 192 valence electrons. The number of hydrogen-bond acceptors (Lipinski definition) is 2. The molecule has 0 bridgehead atoms. The van der Waals surface area contributed by atoms with Crippen molar-refractivity contribution in [2.24, 2.45) is 0 Å². The molecule has 0 amide bonds. The fraction of sp³-hybridized carbons (Fsp3) is 0. The lowest BCUT2D eigenvalue weighted by atomic mass is 9.99. The molecule has 0 saturated carbocycles. The van der Waals surface area contributed by atoms with Crippen molar-refractivity contribution in [1.82, 2.24) is 0 Å². The van der Waals surface area contributed by atoms with Crippen LogP contribution in [0.15, 0.2) is 170 Å². The van der Waals surface area contributed by atoms with Gasteiger partial charge < -0.3 is 0 Å². The molecule has 0 fully saturated rings. The van der Waals surface area contributed by atoms with Crippen LogP contribution in [0.25, 0.3) is 22.3 Å². The predicted octanol–water partition coefficient (Wildman–Crippen LogP) is 9.17. The van der Waals surface area contributed by atoms with Crippen LogP contribution in [0, 0.1) is 0 Å². The van der Waals surface area contributed by atoms with Crippen molar-refractivity contribution < 1.29 is 9.59 Å². The first-order chi connectivity index (χ1) is 19.7. The normalized spacial score (nSPS) is 10.2. The van der Waals surface area contributed by atoms with Crippen molar-refractivity contribution in [2.75, 3.05) is 0 Å². The lowest BCUT2D eigenvalue weighted by Gasteiger charge is -2.04. The zero-order chi connectivity index (χ0) is 27.6. The molecule has 0 heterocycles. The summed E-state index contributed by atoms with van der Waals surface area (Å²) in [5.74, 6) is 0.121. The molecule has 0 N–H and O–H groups in total. The van der Waals surface area contributed by atoms with E-state index >= 15 is 0 Å². The third-order valence-corrected chi connectivity index (χ3v) is 6.58. The van der Waals surface area contributed by atoms with Crippen LogP contribution < -0.4 is 0 Å². The molecule has 0 atom stereocenters. The number of carbonyl (C=O) groups is 2. The zero-order valence-corrected chi connectivity index (χ0v) is 22.0. The van der Waals surface area contributed by atoms with E-state index in [1.807, 2.05) is 146 Å². The minimum atomic E-state index is 0.0604. The number of carbonyl (C=O) groups excluding carboxylic acids is 2. The quantitative estimate of drug-likeness (QED) is 0.207. The highest BCUT2D eigenvalue weighted by molar-refractivity contribution is 6.09. The summed E-state index contributed by atoms with van der Waals surface area (Å²) in [5, 5.41) is 0. The Bertz CT molecular complexity index is 1530. The standard InChI is InChI=1S/2C19H14O/c2*20-19(17-9-5-2-6-10-17)18-13-11-16(12-14-18)15-7-3-1-4-8-15/h2*1-14H. The highest BCUT2D eigenvalue weighted by Gasteiger charge is 2.09. The first-order valence-electron chi connectivity index (χ1n) is 13.2. The van der Waals surface area contributed by atoms with E-state index in [1.54, 1.807) is 0 Å². The van der Waals surface area contributed by atoms with Crippen LogP contribution in [-0.4, -0.2) is 11.6 Å². The first kappa shape index (κ1) is 26.3.